The van der Waals surface area contributed by atoms with Gasteiger partial charge in [0.2, 0.25) is 11.8 Å². The monoisotopic (exact) mass is 344 g/mol. The predicted octanol–water partition coefficient (Wildman–Crippen LogP) is -0.637. The summed E-state index contributed by atoms with van der Waals surface area (Å²) in [6, 6.07) is 1.25. The molecule has 135 valence electrons. The molecular formula is C15H34N5O2Si. The first-order valence-corrected chi connectivity index (χ1v) is 11.1. The first kappa shape index (κ1) is 22.0. The van der Waals surface area contributed by atoms with E-state index in [0.29, 0.717) is 52.1 Å². The quantitative estimate of drug-likeness (QED) is 0.313. The fourth-order valence-corrected chi connectivity index (χ4v) is 2.98. The zero-order valence-electron chi connectivity index (χ0n) is 14.7. The summed E-state index contributed by atoms with van der Waals surface area (Å²) in [4.78, 5) is 25.6. The van der Waals surface area contributed by atoms with Crippen molar-refractivity contribution in [3.8, 4) is 0 Å². The number of hydrogen-bond donors (Lipinski definition) is 4. The van der Waals surface area contributed by atoms with Crippen molar-refractivity contribution < 1.29 is 9.59 Å². The van der Waals surface area contributed by atoms with Crippen LogP contribution in [0.3, 0.4) is 0 Å². The van der Waals surface area contributed by atoms with Crippen molar-refractivity contribution >= 4 is 20.6 Å². The molecule has 0 saturated heterocycles. The Balaban J connectivity index is 4.16. The lowest BCUT2D eigenvalue weighted by Crippen LogP contribution is -2.36. The molecular weight excluding hydrogens is 310 g/mol. The summed E-state index contributed by atoms with van der Waals surface area (Å²) in [5.41, 5.74) is 10.7. The highest BCUT2D eigenvalue weighted by molar-refractivity contribution is 6.55. The summed E-state index contributed by atoms with van der Waals surface area (Å²) < 4.78 is 0. The number of carbonyl (C=O) groups excluding carboxylic acids is 2. The summed E-state index contributed by atoms with van der Waals surface area (Å²) in [7, 11) is -0.228. The molecule has 0 aliphatic carbocycles. The summed E-state index contributed by atoms with van der Waals surface area (Å²) in [6.07, 6.45) is 2.01. The Morgan fingerprint density at radius 2 is 1.39 bits per heavy atom. The topological polar surface area (TPSA) is 113 Å². The molecule has 0 atom stereocenters. The van der Waals surface area contributed by atoms with Crippen molar-refractivity contribution in [3.63, 3.8) is 0 Å². The lowest BCUT2D eigenvalue weighted by molar-refractivity contribution is -0.121. The van der Waals surface area contributed by atoms with Crippen LogP contribution < -0.4 is 22.1 Å². The smallest absolute Gasteiger partial charge is 0.221 e. The lowest BCUT2D eigenvalue weighted by atomic mass is 10.3. The van der Waals surface area contributed by atoms with Crippen molar-refractivity contribution in [2.75, 3.05) is 45.8 Å². The van der Waals surface area contributed by atoms with Crippen LogP contribution in [0.2, 0.25) is 19.1 Å². The standard InChI is InChI=1S/C15H34N5O2Si/c1-23(2)13-3-10-20(11-4-14(21)18-8-6-16)12-5-15(22)19-9-7-17/h3-13,16-17H2,1-2H3,(H,18,21)(H,19,22). The summed E-state index contributed by atoms with van der Waals surface area (Å²) in [5, 5.41) is 5.55. The van der Waals surface area contributed by atoms with Gasteiger partial charge in [0.25, 0.3) is 0 Å². The molecule has 7 nitrogen and oxygen atoms in total. The van der Waals surface area contributed by atoms with Gasteiger partial charge in [0.15, 0.2) is 0 Å². The summed E-state index contributed by atoms with van der Waals surface area (Å²) in [6.45, 7) is 8.82. The molecule has 6 N–H and O–H groups in total. The number of rotatable bonds is 14. The van der Waals surface area contributed by atoms with Crippen LogP contribution in [0.15, 0.2) is 0 Å². The Morgan fingerprint density at radius 1 is 0.913 bits per heavy atom. The van der Waals surface area contributed by atoms with E-state index >= 15 is 0 Å². The van der Waals surface area contributed by atoms with Crippen LogP contribution in [0.5, 0.6) is 0 Å². The summed E-state index contributed by atoms with van der Waals surface area (Å²) >= 11 is 0. The van der Waals surface area contributed by atoms with E-state index < -0.39 is 0 Å². The molecule has 8 heteroatoms. The first-order valence-electron chi connectivity index (χ1n) is 8.44. The molecule has 0 aliphatic rings. The zero-order valence-corrected chi connectivity index (χ0v) is 15.7. The largest absolute Gasteiger partial charge is 0.355 e. The minimum atomic E-state index is -0.228. The number of nitrogens with one attached hydrogen (secondary N) is 2. The number of hydrogen-bond acceptors (Lipinski definition) is 5. The Kier molecular flexibility index (Phi) is 14.0. The SMILES string of the molecule is C[Si](C)CCCN(CCC(=O)NCCN)CCC(=O)NCCN. The van der Waals surface area contributed by atoms with E-state index in [1.54, 1.807) is 0 Å². The summed E-state index contributed by atoms with van der Waals surface area (Å²) in [5.74, 6) is 0.0348. The van der Waals surface area contributed by atoms with Gasteiger partial charge < -0.3 is 27.0 Å². The highest BCUT2D eigenvalue weighted by Crippen LogP contribution is 2.02. The number of carbonyl (C=O) groups is 2. The van der Waals surface area contributed by atoms with Gasteiger partial charge in [-0.1, -0.05) is 19.1 Å². The molecule has 0 aromatic carbocycles. The molecule has 0 unspecified atom stereocenters. The normalized spacial score (nSPS) is 11.0. The van der Waals surface area contributed by atoms with Crippen LogP contribution in [0.4, 0.5) is 0 Å². The van der Waals surface area contributed by atoms with Crippen molar-refractivity contribution in [3.05, 3.63) is 0 Å². The van der Waals surface area contributed by atoms with Crippen molar-refractivity contribution in [1.82, 2.24) is 15.5 Å². The maximum absolute atomic E-state index is 11.7. The minimum absolute atomic E-state index is 0.0174. The fourth-order valence-electron chi connectivity index (χ4n) is 2.11. The lowest BCUT2D eigenvalue weighted by Gasteiger charge is -2.22. The third kappa shape index (κ3) is 14.4. The molecule has 0 rings (SSSR count). The minimum Gasteiger partial charge on any atom is -0.355 e. The van der Waals surface area contributed by atoms with Crippen LogP contribution in [0.1, 0.15) is 19.3 Å². The molecule has 0 spiro atoms. The Morgan fingerprint density at radius 3 is 1.78 bits per heavy atom. The molecule has 23 heavy (non-hydrogen) atoms. The highest BCUT2D eigenvalue weighted by Gasteiger charge is 2.11. The third-order valence-corrected chi connectivity index (χ3v) is 4.75. The Labute approximate surface area is 142 Å². The van der Waals surface area contributed by atoms with Crippen LogP contribution in [0.25, 0.3) is 0 Å². The molecule has 0 heterocycles. The fraction of sp³-hybridized carbons (Fsp3) is 0.867. The van der Waals surface area contributed by atoms with Gasteiger partial charge in [0.05, 0.1) is 0 Å². The second-order valence-corrected chi connectivity index (χ2v) is 8.84. The van der Waals surface area contributed by atoms with Gasteiger partial charge in [-0.05, 0) is 13.0 Å². The average Bonchev–Trinajstić information content (AvgIpc) is 2.52. The zero-order chi connectivity index (χ0) is 17.5. The van der Waals surface area contributed by atoms with E-state index in [9.17, 15) is 9.59 Å². The Bertz CT molecular complexity index is 305. The van der Waals surface area contributed by atoms with Crippen molar-refractivity contribution in [1.29, 1.82) is 0 Å². The molecule has 0 aromatic rings. The van der Waals surface area contributed by atoms with E-state index in [1.807, 2.05) is 0 Å². The second-order valence-electron chi connectivity index (χ2n) is 5.93. The predicted molar refractivity (Wildman–Crippen MR) is 96.7 cm³/mol. The maximum Gasteiger partial charge on any atom is 0.221 e. The molecule has 0 saturated carbocycles. The van der Waals surface area contributed by atoms with Crippen LogP contribution >= 0.6 is 0 Å². The van der Waals surface area contributed by atoms with Gasteiger partial charge >= 0.3 is 0 Å². The average molecular weight is 345 g/mol. The van der Waals surface area contributed by atoms with E-state index in [4.69, 9.17) is 11.5 Å². The van der Waals surface area contributed by atoms with Crippen LogP contribution in [-0.4, -0.2) is 71.3 Å². The van der Waals surface area contributed by atoms with E-state index in [0.717, 1.165) is 13.0 Å². The molecule has 0 aromatic heterocycles. The van der Waals surface area contributed by atoms with E-state index in [2.05, 4.69) is 28.6 Å². The van der Waals surface area contributed by atoms with Gasteiger partial charge in [0.1, 0.15) is 0 Å². The van der Waals surface area contributed by atoms with E-state index in [1.165, 1.54) is 6.04 Å². The molecule has 0 bridgehead atoms. The van der Waals surface area contributed by atoms with Gasteiger partial charge in [-0.15, -0.1) is 0 Å². The van der Waals surface area contributed by atoms with Gasteiger partial charge in [-0.3, -0.25) is 9.59 Å². The van der Waals surface area contributed by atoms with Gasteiger partial charge in [0, 0.05) is 60.9 Å². The van der Waals surface area contributed by atoms with Gasteiger partial charge in [-0.25, -0.2) is 0 Å². The van der Waals surface area contributed by atoms with E-state index in [-0.39, 0.29) is 20.6 Å². The molecule has 0 fully saturated rings. The number of nitrogens with zero attached hydrogens (tertiary/aromatic N) is 1. The van der Waals surface area contributed by atoms with Crippen molar-refractivity contribution in [2.24, 2.45) is 11.5 Å². The maximum atomic E-state index is 11.7. The highest BCUT2D eigenvalue weighted by atomic mass is 28.3. The number of nitrogens with two attached hydrogens (primary N) is 2. The number of amides is 2. The van der Waals surface area contributed by atoms with Gasteiger partial charge in [-0.2, -0.15) is 0 Å². The molecule has 1 radical (unpaired) electrons. The molecule has 2 amide bonds. The molecule has 0 aliphatic heterocycles. The Hall–Kier alpha value is -0.963. The third-order valence-electron chi connectivity index (χ3n) is 3.39. The first-order chi connectivity index (χ1) is 11.0. The van der Waals surface area contributed by atoms with Crippen molar-refractivity contribution in [2.45, 2.75) is 38.4 Å². The van der Waals surface area contributed by atoms with Crippen LogP contribution in [-0.2, 0) is 9.59 Å². The second kappa shape index (κ2) is 14.6. The van der Waals surface area contributed by atoms with Crippen LogP contribution in [0, 0.1) is 0 Å².